The zero-order valence-corrected chi connectivity index (χ0v) is 11.9. The summed E-state index contributed by atoms with van der Waals surface area (Å²) < 4.78 is 0. The summed E-state index contributed by atoms with van der Waals surface area (Å²) in [5.74, 6) is 0.499. The van der Waals surface area contributed by atoms with Crippen LogP contribution in [0.15, 0.2) is 30.5 Å². The van der Waals surface area contributed by atoms with Gasteiger partial charge in [0.15, 0.2) is 0 Å². The summed E-state index contributed by atoms with van der Waals surface area (Å²) in [4.78, 5) is 17.3. The van der Waals surface area contributed by atoms with Crippen LogP contribution in [0.2, 0.25) is 0 Å². The van der Waals surface area contributed by atoms with Crippen molar-refractivity contribution in [2.45, 2.75) is 19.4 Å². The first-order valence-electron chi connectivity index (χ1n) is 7.10. The molecule has 2 N–H and O–H groups in total. The highest BCUT2D eigenvalue weighted by Crippen LogP contribution is 2.33. The largest absolute Gasteiger partial charge is 0.368 e. The number of nitro groups is 1. The molecule has 0 spiro atoms. The number of hydrogen-bond acceptors (Lipinski definition) is 5. The van der Waals surface area contributed by atoms with Gasteiger partial charge in [-0.25, -0.2) is 0 Å². The Balaban J connectivity index is 2.08. The third-order valence-electron chi connectivity index (χ3n) is 4.28. The van der Waals surface area contributed by atoms with E-state index in [-0.39, 0.29) is 16.7 Å². The van der Waals surface area contributed by atoms with Crippen LogP contribution < -0.4 is 10.6 Å². The van der Waals surface area contributed by atoms with Crippen LogP contribution in [0.5, 0.6) is 0 Å². The lowest BCUT2D eigenvalue weighted by atomic mass is 9.93. The molecule has 0 saturated carbocycles. The molecule has 110 valence electrons. The van der Waals surface area contributed by atoms with E-state index >= 15 is 0 Å². The molecule has 1 fully saturated rings. The number of non-ortho nitro benzene ring substituents is 1. The first-order valence-corrected chi connectivity index (χ1v) is 7.10. The van der Waals surface area contributed by atoms with E-state index in [9.17, 15) is 10.1 Å². The molecule has 2 atom stereocenters. The minimum Gasteiger partial charge on any atom is -0.368 e. The molecule has 2 heterocycles. The van der Waals surface area contributed by atoms with Crippen LogP contribution in [-0.2, 0) is 0 Å². The Kier molecular flexibility index (Phi) is 3.47. The van der Waals surface area contributed by atoms with Crippen molar-refractivity contribution in [3.63, 3.8) is 0 Å². The first kappa shape index (κ1) is 13.8. The average molecular weight is 286 g/mol. The number of piperidine rings is 1. The standard InChI is InChI=1S/C15H18N4O2/c1-10-6-8-18(9-12(10)16)14-5-4-13(19(20)21)11-3-2-7-17-15(11)14/h2-5,7,10,12H,6,8-9,16H2,1H3. The Morgan fingerprint density at radius 3 is 2.95 bits per heavy atom. The molecule has 1 aliphatic heterocycles. The van der Waals surface area contributed by atoms with E-state index in [1.54, 1.807) is 30.5 Å². The monoisotopic (exact) mass is 286 g/mol. The summed E-state index contributed by atoms with van der Waals surface area (Å²) >= 11 is 0. The maximum Gasteiger partial charge on any atom is 0.278 e. The van der Waals surface area contributed by atoms with Crippen LogP contribution in [-0.4, -0.2) is 29.0 Å². The van der Waals surface area contributed by atoms with Crippen molar-refractivity contribution < 1.29 is 4.92 Å². The predicted molar refractivity (Wildman–Crippen MR) is 82.4 cm³/mol. The molecular formula is C15H18N4O2. The van der Waals surface area contributed by atoms with Crippen molar-refractivity contribution in [3.8, 4) is 0 Å². The highest BCUT2D eigenvalue weighted by atomic mass is 16.6. The molecule has 1 aromatic heterocycles. The van der Waals surface area contributed by atoms with Crippen molar-refractivity contribution in [1.82, 2.24) is 4.98 Å². The van der Waals surface area contributed by atoms with Crippen LogP contribution in [0, 0.1) is 16.0 Å². The van der Waals surface area contributed by atoms with E-state index in [0.29, 0.717) is 16.8 Å². The fraction of sp³-hybridized carbons (Fsp3) is 0.400. The molecule has 0 amide bonds. The molecular weight excluding hydrogens is 268 g/mol. The van der Waals surface area contributed by atoms with E-state index in [0.717, 1.165) is 25.2 Å². The number of benzene rings is 1. The number of nitrogens with zero attached hydrogens (tertiary/aromatic N) is 3. The lowest BCUT2D eigenvalue weighted by Gasteiger charge is -2.36. The lowest BCUT2D eigenvalue weighted by molar-refractivity contribution is -0.383. The number of hydrogen-bond donors (Lipinski definition) is 1. The van der Waals surface area contributed by atoms with Gasteiger partial charge in [0.05, 0.1) is 16.0 Å². The second-order valence-corrected chi connectivity index (χ2v) is 5.64. The minimum absolute atomic E-state index is 0.0940. The number of nitrogens with two attached hydrogens (primary N) is 1. The normalized spacial score (nSPS) is 22.5. The van der Waals surface area contributed by atoms with E-state index < -0.39 is 0 Å². The molecule has 3 rings (SSSR count). The highest BCUT2D eigenvalue weighted by molar-refractivity contribution is 5.97. The van der Waals surface area contributed by atoms with E-state index in [1.807, 2.05) is 0 Å². The number of pyridine rings is 1. The fourth-order valence-corrected chi connectivity index (χ4v) is 2.88. The van der Waals surface area contributed by atoms with Crippen molar-refractivity contribution in [1.29, 1.82) is 0 Å². The predicted octanol–water partition coefficient (Wildman–Crippen LogP) is 2.32. The zero-order valence-electron chi connectivity index (χ0n) is 11.9. The molecule has 6 heteroatoms. The third-order valence-corrected chi connectivity index (χ3v) is 4.28. The summed E-state index contributed by atoms with van der Waals surface area (Å²) in [6.07, 6.45) is 2.69. The fourth-order valence-electron chi connectivity index (χ4n) is 2.88. The number of aromatic nitrogens is 1. The van der Waals surface area contributed by atoms with E-state index in [4.69, 9.17) is 5.73 Å². The Morgan fingerprint density at radius 1 is 1.43 bits per heavy atom. The Labute approximate surface area is 122 Å². The first-order chi connectivity index (χ1) is 10.1. The summed E-state index contributed by atoms with van der Waals surface area (Å²) in [5.41, 5.74) is 7.86. The van der Waals surface area contributed by atoms with Crippen LogP contribution in [0.4, 0.5) is 11.4 Å². The van der Waals surface area contributed by atoms with Crippen molar-refractivity contribution >= 4 is 22.3 Å². The SMILES string of the molecule is CC1CCN(c2ccc([N+](=O)[O-])c3cccnc23)CC1N. The maximum absolute atomic E-state index is 11.1. The molecule has 1 saturated heterocycles. The second-order valence-electron chi connectivity index (χ2n) is 5.64. The van der Waals surface area contributed by atoms with Crippen LogP contribution in [0.1, 0.15) is 13.3 Å². The minimum atomic E-state index is -0.363. The van der Waals surface area contributed by atoms with Gasteiger partial charge in [-0.3, -0.25) is 15.1 Å². The number of rotatable bonds is 2. The van der Waals surface area contributed by atoms with Crippen molar-refractivity contribution in [2.75, 3.05) is 18.0 Å². The smallest absolute Gasteiger partial charge is 0.278 e. The van der Waals surface area contributed by atoms with Gasteiger partial charge in [-0.2, -0.15) is 0 Å². The molecule has 1 aliphatic rings. The summed E-state index contributed by atoms with van der Waals surface area (Å²) in [6.45, 7) is 3.82. The number of fused-ring (bicyclic) bond motifs is 1. The van der Waals surface area contributed by atoms with Crippen molar-refractivity contribution in [3.05, 3.63) is 40.6 Å². The molecule has 2 unspecified atom stereocenters. The van der Waals surface area contributed by atoms with Gasteiger partial charge in [0.1, 0.15) is 5.52 Å². The van der Waals surface area contributed by atoms with Crippen LogP contribution in [0.3, 0.4) is 0 Å². The molecule has 0 aliphatic carbocycles. The van der Waals surface area contributed by atoms with Gasteiger partial charge < -0.3 is 10.6 Å². The Bertz CT molecular complexity index is 688. The quantitative estimate of drug-likeness (QED) is 0.676. The van der Waals surface area contributed by atoms with Gasteiger partial charge in [0, 0.05) is 31.4 Å². The molecule has 21 heavy (non-hydrogen) atoms. The Hall–Kier alpha value is -2.21. The second kappa shape index (κ2) is 5.29. The highest BCUT2D eigenvalue weighted by Gasteiger charge is 2.26. The van der Waals surface area contributed by atoms with Gasteiger partial charge in [-0.1, -0.05) is 6.92 Å². The lowest BCUT2D eigenvalue weighted by Crippen LogP contribution is -2.47. The maximum atomic E-state index is 11.1. The molecule has 0 bridgehead atoms. The van der Waals surface area contributed by atoms with E-state index in [1.165, 1.54) is 0 Å². The topological polar surface area (TPSA) is 85.3 Å². The van der Waals surface area contributed by atoms with Crippen LogP contribution >= 0.6 is 0 Å². The Morgan fingerprint density at radius 2 is 2.24 bits per heavy atom. The summed E-state index contributed by atoms with van der Waals surface area (Å²) in [5, 5.41) is 11.7. The van der Waals surface area contributed by atoms with Crippen LogP contribution in [0.25, 0.3) is 10.9 Å². The van der Waals surface area contributed by atoms with Gasteiger partial charge in [0.25, 0.3) is 5.69 Å². The van der Waals surface area contributed by atoms with Gasteiger partial charge in [0.2, 0.25) is 0 Å². The van der Waals surface area contributed by atoms with Crippen molar-refractivity contribution in [2.24, 2.45) is 11.7 Å². The summed E-state index contributed by atoms with van der Waals surface area (Å²) in [6, 6.07) is 6.94. The number of anilines is 1. The van der Waals surface area contributed by atoms with Gasteiger partial charge in [-0.05, 0) is 30.5 Å². The third kappa shape index (κ3) is 2.42. The average Bonchev–Trinajstić information content (AvgIpc) is 2.49. The van der Waals surface area contributed by atoms with Gasteiger partial charge >= 0.3 is 0 Å². The van der Waals surface area contributed by atoms with E-state index in [2.05, 4.69) is 16.8 Å². The molecule has 0 radical (unpaired) electrons. The molecule has 1 aromatic carbocycles. The molecule has 2 aromatic rings. The van der Waals surface area contributed by atoms with Gasteiger partial charge in [-0.15, -0.1) is 0 Å². The molecule has 6 nitrogen and oxygen atoms in total. The zero-order chi connectivity index (χ0) is 15.0. The number of nitro benzene ring substituents is 1. The summed E-state index contributed by atoms with van der Waals surface area (Å²) in [7, 11) is 0.